The van der Waals surface area contributed by atoms with Gasteiger partial charge in [0, 0.05) is 17.7 Å². The summed E-state index contributed by atoms with van der Waals surface area (Å²) in [7, 11) is 0. The first-order chi connectivity index (χ1) is 9.47. The van der Waals surface area contributed by atoms with Crippen LogP contribution in [0.5, 0.6) is 11.5 Å². The Morgan fingerprint density at radius 3 is 2.55 bits per heavy atom. The van der Waals surface area contributed by atoms with Crippen LogP contribution in [0.4, 0.5) is 5.69 Å². The molecule has 20 heavy (non-hydrogen) atoms. The molecule has 0 unspecified atom stereocenters. The van der Waals surface area contributed by atoms with Crippen molar-refractivity contribution >= 4 is 23.1 Å². The monoisotopic (exact) mass is 291 g/mol. The Morgan fingerprint density at radius 2 is 1.95 bits per heavy atom. The van der Waals surface area contributed by atoms with Gasteiger partial charge in [-0.25, -0.2) is 0 Å². The third-order valence-electron chi connectivity index (χ3n) is 2.49. The van der Waals surface area contributed by atoms with E-state index in [0.717, 1.165) is 0 Å². The highest BCUT2D eigenvalue weighted by Gasteiger charge is 2.09. The number of nitrogens with two attached hydrogens (primary N) is 1. The number of nitrogens with zero attached hydrogens (tertiary/aromatic N) is 1. The second-order valence-electron chi connectivity index (χ2n) is 3.91. The van der Waals surface area contributed by atoms with Crippen molar-refractivity contribution in [2.45, 2.75) is 0 Å². The van der Waals surface area contributed by atoms with Gasteiger partial charge in [-0.05, 0) is 18.2 Å². The zero-order valence-corrected chi connectivity index (χ0v) is 10.9. The summed E-state index contributed by atoms with van der Waals surface area (Å²) < 4.78 is 5.48. The predicted octanol–water partition coefficient (Wildman–Crippen LogP) is 3.32. The molecule has 0 aliphatic carbocycles. The molecule has 0 radical (unpaired) electrons. The molecule has 0 aliphatic heterocycles. The summed E-state index contributed by atoms with van der Waals surface area (Å²) in [4.78, 5) is 10.2. The molecule has 2 aromatic carbocycles. The van der Waals surface area contributed by atoms with Crippen molar-refractivity contribution in [1.82, 2.24) is 0 Å². The lowest BCUT2D eigenvalue weighted by Gasteiger charge is -2.08. The smallest absolute Gasteiger partial charge is 0.273 e. The zero-order valence-electron chi connectivity index (χ0n) is 10.2. The van der Waals surface area contributed by atoms with Crippen LogP contribution in [0.1, 0.15) is 5.56 Å². The fraction of sp³-hybridized carbons (Fsp3) is 0. The highest BCUT2D eigenvalue weighted by Crippen LogP contribution is 2.28. The van der Waals surface area contributed by atoms with Gasteiger partial charge >= 0.3 is 0 Å². The number of halogens is 1. The number of nitrogen functional groups attached to an aromatic ring is 1. The third-order valence-corrected chi connectivity index (χ3v) is 2.81. The van der Waals surface area contributed by atoms with Gasteiger partial charge in [0.2, 0.25) is 0 Å². The van der Waals surface area contributed by atoms with Gasteiger partial charge in [-0.15, -0.1) is 0 Å². The average Bonchev–Trinajstić information content (AvgIpc) is 2.38. The van der Waals surface area contributed by atoms with Gasteiger partial charge in [-0.1, -0.05) is 17.7 Å². The standard InChI is InChI=1S/C13H10ClN3O3/c14-12-7-10(4-5-11(12)13(15)16)20-9-3-1-2-8(6-9)17(18)19/h1-7H,(H3,15,16). The molecule has 7 heteroatoms. The summed E-state index contributed by atoms with van der Waals surface area (Å²) in [6.45, 7) is 0. The van der Waals surface area contributed by atoms with Crippen molar-refractivity contribution in [3.05, 3.63) is 63.2 Å². The van der Waals surface area contributed by atoms with Crippen LogP contribution in [0.15, 0.2) is 42.5 Å². The molecule has 2 aromatic rings. The molecule has 0 heterocycles. The summed E-state index contributed by atoms with van der Waals surface area (Å²) in [6, 6.07) is 10.4. The van der Waals surface area contributed by atoms with E-state index in [9.17, 15) is 10.1 Å². The van der Waals surface area contributed by atoms with Crippen LogP contribution in [0.3, 0.4) is 0 Å². The van der Waals surface area contributed by atoms with Crippen LogP contribution >= 0.6 is 11.6 Å². The number of nitro benzene ring substituents is 1. The lowest BCUT2D eigenvalue weighted by atomic mass is 10.2. The number of nitro groups is 1. The fourth-order valence-corrected chi connectivity index (χ4v) is 1.85. The third kappa shape index (κ3) is 3.04. The maximum Gasteiger partial charge on any atom is 0.273 e. The molecule has 2 rings (SSSR count). The minimum absolute atomic E-state index is 0.0612. The van der Waals surface area contributed by atoms with E-state index in [2.05, 4.69) is 0 Å². The molecule has 0 aromatic heterocycles. The largest absolute Gasteiger partial charge is 0.457 e. The quantitative estimate of drug-likeness (QED) is 0.390. The molecule has 0 amide bonds. The van der Waals surface area contributed by atoms with Gasteiger partial charge in [0.15, 0.2) is 0 Å². The van der Waals surface area contributed by atoms with E-state index in [-0.39, 0.29) is 16.5 Å². The van der Waals surface area contributed by atoms with E-state index in [1.54, 1.807) is 18.2 Å². The summed E-state index contributed by atoms with van der Waals surface area (Å²) in [5.41, 5.74) is 5.69. The van der Waals surface area contributed by atoms with E-state index >= 15 is 0 Å². The van der Waals surface area contributed by atoms with E-state index in [1.165, 1.54) is 24.3 Å². The average molecular weight is 292 g/mol. The van der Waals surface area contributed by atoms with E-state index in [1.807, 2.05) is 0 Å². The number of ether oxygens (including phenoxy) is 1. The minimum Gasteiger partial charge on any atom is -0.457 e. The Bertz CT molecular complexity index is 688. The van der Waals surface area contributed by atoms with Crippen molar-refractivity contribution in [2.24, 2.45) is 5.73 Å². The summed E-state index contributed by atoms with van der Waals surface area (Å²) in [5.74, 6) is 0.586. The molecule has 6 nitrogen and oxygen atoms in total. The van der Waals surface area contributed by atoms with Crippen LogP contribution < -0.4 is 10.5 Å². The molecule has 0 aliphatic rings. The molecule has 0 fully saturated rings. The molecule has 0 saturated carbocycles. The molecule has 3 N–H and O–H groups in total. The molecule has 0 saturated heterocycles. The van der Waals surface area contributed by atoms with Crippen LogP contribution in [0.25, 0.3) is 0 Å². The van der Waals surface area contributed by atoms with Gasteiger partial charge in [0.25, 0.3) is 5.69 Å². The minimum atomic E-state index is -0.501. The highest BCUT2D eigenvalue weighted by molar-refractivity contribution is 6.34. The second-order valence-corrected chi connectivity index (χ2v) is 4.32. The SMILES string of the molecule is N=C(N)c1ccc(Oc2cccc([N+](=O)[O-])c2)cc1Cl. The van der Waals surface area contributed by atoms with Gasteiger partial charge in [0.1, 0.15) is 17.3 Å². The number of hydrogen-bond acceptors (Lipinski definition) is 4. The normalized spacial score (nSPS) is 10.1. The molecule has 0 atom stereocenters. The lowest BCUT2D eigenvalue weighted by Crippen LogP contribution is -2.11. The van der Waals surface area contributed by atoms with E-state index in [0.29, 0.717) is 17.1 Å². The molecular weight excluding hydrogens is 282 g/mol. The first-order valence-corrected chi connectivity index (χ1v) is 5.91. The first kappa shape index (κ1) is 13.8. The molecule has 0 bridgehead atoms. The van der Waals surface area contributed by atoms with Crippen molar-refractivity contribution in [3.63, 3.8) is 0 Å². The molecule has 0 spiro atoms. The number of non-ortho nitro benzene ring substituents is 1. The maximum atomic E-state index is 10.7. The fourth-order valence-electron chi connectivity index (χ4n) is 1.57. The summed E-state index contributed by atoms with van der Waals surface area (Å²) >= 11 is 5.96. The lowest BCUT2D eigenvalue weighted by molar-refractivity contribution is -0.384. The number of nitrogens with one attached hydrogen (secondary N) is 1. The second kappa shape index (κ2) is 5.58. The number of amidine groups is 1. The topological polar surface area (TPSA) is 102 Å². The van der Waals surface area contributed by atoms with Gasteiger partial charge < -0.3 is 10.5 Å². The Hall–Kier alpha value is -2.60. The van der Waals surface area contributed by atoms with Crippen LogP contribution in [0.2, 0.25) is 5.02 Å². The Labute approximate surface area is 119 Å². The highest BCUT2D eigenvalue weighted by atomic mass is 35.5. The van der Waals surface area contributed by atoms with Crippen LogP contribution in [-0.4, -0.2) is 10.8 Å². The van der Waals surface area contributed by atoms with Crippen molar-refractivity contribution in [1.29, 1.82) is 5.41 Å². The summed E-state index contributed by atoms with van der Waals surface area (Å²) in [5, 5.41) is 18.3. The summed E-state index contributed by atoms with van der Waals surface area (Å²) in [6.07, 6.45) is 0. The Kier molecular flexibility index (Phi) is 3.86. The zero-order chi connectivity index (χ0) is 14.7. The van der Waals surface area contributed by atoms with Crippen molar-refractivity contribution in [3.8, 4) is 11.5 Å². The van der Waals surface area contributed by atoms with E-state index < -0.39 is 4.92 Å². The maximum absolute atomic E-state index is 10.7. The molecule has 102 valence electrons. The van der Waals surface area contributed by atoms with Crippen molar-refractivity contribution < 1.29 is 9.66 Å². The van der Waals surface area contributed by atoms with Gasteiger partial charge in [0.05, 0.1) is 16.0 Å². The Balaban J connectivity index is 2.26. The van der Waals surface area contributed by atoms with Crippen molar-refractivity contribution in [2.75, 3.05) is 0 Å². The predicted molar refractivity (Wildman–Crippen MR) is 75.6 cm³/mol. The van der Waals surface area contributed by atoms with E-state index in [4.69, 9.17) is 27.5 Å². The Morgan fingerprint density at radius 1 is 1.25 bits per heavy atom. The first-order valence-electron chi connectivity index (χ1n) is 5.53. The van der Waals surface area contributed by atoms with Crippen LogP contribution in [0, 0.1) is 15.5 Å². The van der Waals surface area contributed by atoms with Crippen LogP contribution in [-0.2, 0) is 0 Å². The van der Waals surface area contributed by atoms with Gasteiger partial charge in [-0.2, -0.15) is 0 Å². The number of benzene rings is 2. The molecular formula is C13H10ClN3O3. The van der Waals surface area contributed by atoms with Gasteiger partial charge in [-0.3, -0.25) is 15.5 Å². The number of hydrogen-bond donors (Lipinski definition) is 2. The number of rotatable bonds is 4.